The number of benzene rings is 3. The minimum atomic E-state index is -0.465. The lowest BCUT2D eigenvalue weighted by Crippen LogP contribution is -2.34. The molecule has 3 N–H and O–H groups in total. The van der Waals surface area contributed by atoms with Crippen molar-refractivity contribution in [3.05, 3.63) is 114 Å². The zero-order valence-electron chi connectivity index (χ0n) is 26.3. The van der Waals surface area contributed by atoms with E-state index < -0.39 is 11.9 Å². The number of pyridine rings is 1. The number of anilines is 2. The SMILES string of the molecule is Cc1ccc(-n2nc(C(C)(C)C)cc2NC(=O)Nc2ccccc2C(C(=O)c2nccc3ccccc23)C2CCNCC2)cc1. The molecule has 0 bridgehead atoms. The van der Waals surface area contributed by atoms with E-state index in [0.717, 1.165) is 59.2 Å². The minimum absolute atomic E-state index is 0.0272. The summed E-state index contributed by atoms with van der Waals surface area (Å²) in [5.74, 6) is 0.167. The van der Waals surface area contributed by atoms with Crippen LogP contribution in [0.15, 0.2) is 91.1 Å². The van der Waals surface area contributed by atoms with Gasteiger partial charge in [0.25, 0.3) is 0 Å². The number of amides is 2. The van der Waals surface area contributed by atoms with Crippen LogP contribution in [0.1, 0.15) is 66.8 Å². The van der Waals surface area contributed by atoms with E-state index in [2.05, 4.69) is 41.7 Å². The van der Waals surface area contributed by atoms with Crippen molar-refractivity contribution in [1.29, 1.82) is 0 Å². The first kappa shape index (κ1) is 30.2. The number of aromatic nitrogens is 3. The predicted octanol–water partition coefficient (Wildman–Crippen LogP) is 7.64. The average molecular weight is 601 g/mol. The van der Waals surface area contributed by atoms with Crippen molar-refractivity contribution < 1.29 is 9.59 Å². The number of rotatable bonds is 7. The number of hydrogen-bond acceptors (Lipinski definition) is 5. The molecule has 1 fully saturated rings. The molecule has 2 amide bonds. The topological polar surface area (TPSA) is 101 Å². The Hall–Kier alpha value is -4.82. The molecule has 3 heterocycles. The van der Waals surface area contributed by atoms with Gasteiger partial charge in [0, 0.05) is 28.8 Å². The molecule has 1 saturated heterocycles. The van der Waals surface area contributed by atoms with Crippen LogP contribution in [-0.4, -0.2) is 39.7 Å². The fraction of sp³-hybridized carbons (Fsp3) is 0.297. The standard InChI is InChI=1S/C37H40N6O2/c1-24-13-15-27(16-14-24)43-32(23-31(42-43)37(2,3)4)41-36(45)40-30-12-8-7-11-29(30)33(26-17-20-38-21-18-26)35(44)34-28-10-6-5-9-25(28)19-22-39-34/h5-16,19,22-23,26,33,38H,17-18,20-21H2,1-4H3,(H2,40,41,45). The molecule has 8 heteroatoms. The number of nitrogens with zero attached hydrogens (tertiary/aromatic N) is 3. The van der Waals surface area contributed by atoms with Crippen molar-refractivity contribution in [2.45, 2.75) is 51.9 Å². The van der Waals surface area contributed by atoms with E-state index in [0.29, 0.717) is 17.2 Å². The van der Waals surface area contributed by atoms with Gasteiger partial charge in [0.1, 0.15) is 11.5 Å². The first-order valence-electron chi connectivity index (χ1n) is 15.6. The number of hydrogen-bond donors (Lipinski definition) is 3. The lowest BCUT2D eigenvalue weighted by molar-refractivity contribution is 0.0913. The second-order valence-corrected chi connectivity index (χ2v) is 12.9. The Morgan fingerprint density at radius 3 is 2.38 bits per heavy atom. The molecule has 1 atom stereocenters. The van der Waals surface area contributed by atoms with Crippen molar-refractivity contribution in [3.8, 4) is 5.69 Å². The highest BCUT2D eigenvalue weighted by atomic mass is 16.2. The summed E-state index contributed by atoms with van der Waals surface area (Å²) in [5.41, 5.74) is 4.50. The molecule has 1 aliphatic rings. The van der Waals surface area contributed by atoms with Crippen LogP contribution in [0.25, 0.3) is 16.5 Å². The number of ketones is 1. The maximum Gasteiger partial charge on any atom is 0.324 e. The van der Waals surface area contributed by atoms with Crippen molar-refractivity contribution in [1.82, 2.24) is 20.1 Å². The van der Waals surface area contributed by atoms with Crippen LogP contribution in [-0.2, 0) is 5.41 Å². The van der Waals surface area contributed by atoms with E-state index in [1.165, 1.54) is 0 Å². The fourth-order valence-corrected chi connectivity index (χ4v) is 6.12. The van der Waals surface area contributed by atoms with Crippen LogP contribution >= 0.6 is 0 Å². The van der Waals surface area contributed by atoms with Crippen molar-refractivity contribution in [3.63, 3.8) is 0 Å². The first-order valence-corrected chi connectivity index (χ1v) is 15.6. The molecular formula is C37H40N6O2. The molecule has 1 unspecified atom stereocenters. The van der Waals surface area contributed by atoms with Crippen molar-refractivity contribution in [2.75, 3.05) is 23.7 Å². The smallest absolute Gasteiger partial charge is 0.317 e. The first-order chi connectivity index (χ1) is 21.7. The van der Waals surface area contributed by atoms with Gasteiger partial charge in [0.05, 0.1) is 17.3 Å². The summed E-state index contributed by atoms with van der Waals surface area (Å²) < 4.78 is 1.76. The van der Waals surface area contributed by atoms with E-state index in [4.69, 9.17) is 5.10 Å². The number of urea groups is 1. The normalized spacial score (nSPS) is 14.7. The maximum absolute atomic E-state index is 14.5. The highest BCUT2D eigenvalue weighted by Crippen LogP contribution is 2.38. The van der Waals surface area contributed by atoms with Crippen molar-refractivity contribution in [2.24, 2.45) is 5.92 Å². The molecular weight excluding hydrogens is 560 g/mol. The molecule has 6 rings (SSSR count). The predicted molar refractivity (Wildman–Crippen MR) is 180 cm³/mol. The summed E-state index contributed by atoms with van der Waals surface area (Å²) in [5, 5.41) is 16.2. The number of carbonyl (C=O) groups excluding carboxylic acids is 2. The van der Waals surface area contributed by atoms with E-state index in [-0.39, 0.29) is 17.1 Å². The summed E-state index contributed by atoms with van der Waals surface area (Å²) in [6, 6.07) is 27.0. The fourth-order valence-electron chi connectivity index (χ4n) is 6.12. The third kappa shape index (κ3) is 6.51. The van der Waals surface area contributed by atoms with Crippen LogP contribution in [0, 0.1) is 12.8 Å². The van der Waals surface area contributed by atoms with Crippen molar-refractivity contribution >= 4 is 34.1 Å². The highest BCUT2D eigenvalue weighted by molar-refractivity contribution is 6.10. The average Bonchev–Trinajstić information content (AvgIpc) is 3.47. The van der Waals surface area contributed by atoms with Gasteiger partial charge in [0.2, 0.25) is 0 Å². The Morgan fingerprint density at radius 1 is 0.911 bits per heavy atom. The number of para-hydroxylation sites is 1. The molecule has 2 aromatic heterocycles. The number of piperidine rings is 1. The van der Waals surface area contributed by atoms with E-state index >= 15 is 0 Å². The Balaban J connectivity index is 1.34. The second kappa shape index (κ2) is 12.7. The molecule has 3 aromatic carbocycles. The van der Waals surface area contributed by atoms with E-state index in [1.54, 1.807) is 10.9 Å². The van der Waals surface area contributed by atoms with E-state index in [9.17, 15) is 9.59 Å². The van der Waals surface area contributed by atoms with Gasteiger partial charge < -0.3 is 10.6 Å². The molecule has 0 saturated carbocycles. The zero-order valence-corrected chi connectivity index (χ0v) is 26.3. The van der Waals surface area contributed by atoms with Gasteiger partial charge in [-0.2, -0.15) is 5.10 Å². The molecule has 0 aliphatic carbocycles. The molecule has 230 valence electrons. The monoisotopic (exact) mass is 600 g/mol. The van der Waals surface area contributed by atoms with E-state index in [1.807, 2.05) is 91.9 Å². The van der Waals surface area contributed by atoms with Crippen LogP contribution in [0.4, 0.5) is 16.3 Å². The number of aryl methyl sites for hydroxylation is 1. The highest BCUT2D eigenvalue weighted by Gasteiger charge is 2.35. The Bertz CT molecular complexity index is 1830. The third-order valence-electron chi connectivity index (χ3n) is 8.59. The molecule has 0 radical (unpaired) electrons. The van der Waals surface area contributed by atoms with Crippen LogP contribution in [0.3, 0.4) is 0 Å². The molecule has 8 nitrogen and oxygen atoms in total. The van der Waals surface area contributed by atoms with Crippen LogP contribution in [0.2, 0.25) is 0 Å². The Labute approximate surface area is 264 Å². The quantitative estimate of drug-likeness (QED) is 0.167. The summed E-state index contributed by atoms with van der Waals surface area (Å²) in [6.45, 7) is 10.0. The largest absolute Gasteiger partial charge is 0.324 e. The summed E-state index contributed by atoms with van der Waals surface area (Å²) in [7, 11) is 0. The summed E-state index contributed by atoms with van der Waals surface area (Å²) in [6.07, 6.45) is 3.41. The summed E-state index contributed by atoms with van der Waals surface area (Å²) >= 11 is 0. The Morgan fingerprint density at radius 2 is 1.62 bits per heavy atom. The molecule has 0 spiro atoms. The van der Waals surface area contributed by atoms with Gasteiger partial charge >= 0.3 is 6.03 Å². The van der Waals surface area contributed by atoms with Gasteiger partial charge in [-0.3, -0.25) is 15.1 Å². The number of Topliss-reactive ketones (excluding diaryl/α,β-unsaturated/α-hetero) is 1. The molecule has 45 heavy (non-hydrogen) atoms. The Kier molecular flexibility index (Phi) is 8.50. The lowest BCUT2D eigenvalue weighted by atomic mass is 9.76. The molecule has 1 aliphatic heterocycles. The number of nitrogens with one attached hydrogen (secondary N) is 3. The number of carbonyl (C=O) groups is 2. The van der Waals surface area contributed by atoms with Gasteiger partial charge in [-0.05, 0) is 74.0 Å². The van der Waals surface area contributed by atoms with Crippen LogP contribution < -0.4 is 16.0 Å². The van der Waals surface area contributed by atoms with Gasteiger partial charge in [0.15, 0.2) is 5.78 Å². The zero-order chi connectivity index (χ0) is 31.6. The van der Waals surface area contributed by atoms with Gasteiger partial charge in [-0.1, -0.05) is 80.9 Å². The minimum Gasteiger partial charge on any atom is -0.317 e. The lowest BCUT2D eigenvalue weighted by Gasteiger charge is -2.31. The number of fused-ring (bicyclic) bond motifs is 1. The second-order valence-electron chi connectivity index (χ2n) is 12.9. The van der Waals surface area contributed by atoms with Gasteiger partial charge in [-0.25, -0.2) is 9.48 Å². The maximum atomic E-state index is 14.5. The molecule has 5 aromatic rings. The third-order valence-corrected chi connectivity index (χ3v) is 8.59. The summed E-state index contributed by atoms with van der Waals surface area (Å²) in [4.78, 5) is 32.7. The van der Waals surface area contributed by atoms with Gasteiger partial charge in [-0.15, -0.1) is 0 Å². The van der Waals surface area contributed by atoms with Crippen LogP contribution in [0.5, 0.6) is 0 Å².